The Morgan fingerprint density at radius 3 is 2.60 bits per heavy atom. The topological polar surface area (TPSA) is 0 Å². The number of benzene rings is 1. The van der Waals surface area contributed by atoms with Crippen molar-refractivity contribution in [3.63, 3.8) is 0 Å². The van der Waals surface area contributed by atoms with Crippen LogP contribution in [-0.2, 0) is 0 Å². The van der Waals surface area contributed by atoms with Gasteiger partial charge in [-0.15, -0.1) is 11.6 Å². The second-order valence-electron chi connectivity index (χ2n) is 3.87. The van der Waals surface area contributed by atoms with Gasteiger partial charge in [0.15, 0.2) is 0 Å². The maximum Gasteiger partial charge on any atom is 0.0404 e. The molecule has 0 amide bonds. The molecule has 0 radical (unpaired) electrons. The molecule has 2 atom stereocenters. The van der Waals surface area contributed by atoms with Crippen LogP contribution in [0.4, 0.5) is 0 Å². The molecule has 2 unspecified atom stereocenters. The Balaban J connectivity index is 2.82. The lowest BCUT2D eigenvalue weighted by Crippen LogP contribution is -2.12. The fourth-order valence-electron chi connectivity index (χ4n) is 1.91. The maximum atomic E-state index is 6.42. The average molecular weight is 290 g/mol. The van der Waals surface area contributed by atoms with Gasteiger partial charge in [-0.05, 0) is 30.5 Å². The van der Waals surface area contributed by atoms with E-state index in [1.54, 1.807) is 0 Å². The van der Waals surface area contributed by atoms with Crippen molar-refractivity contribution in [3.8, 4) is 0 Å². The zero-order valence-electron chi connectivity index (χ0n) is 9.34. The van der Waals surface area contributed by atoms with Gasteiger partial charge in [0, 0.05) is 15.8 Å². The molecule has 1 aromatic rings. The van der Waals surface area contributed by atoms with Crippen LogP contribution < -0.4 is 0 Å². The first-order valence-corrected chi connectivity index (χ1v) is 6.81. The van der Waals surface area contributed by atoms with Gasteiger partial charge in [-0.1, -0.05) is 48.3 Å². The molecule has 0 saturated carbocycles. The van der Waals surface area contributed by atoms with Crippen LogP contribution in [0.5, 0.6) is 0 Å². The summed E-state index contributed by atoms with van der Waals surface area (Å²) >= 11 is 9.92. The van der Waals surface area contributed by atoms with Crippen molar-refractivity contribution in [3.05, 3.63) is 34.3 Å². The van der Waals surface area contributed by atoms with Crippen LogP contribution in [0.1, 0.15) is 44.6 Å². The monoisotopic (exact) mass is 288 g/mol. The second-order valence-corrected chi connectivity index (χ2v) is 5.35. The summed E-state index contributed by atoms with van der Waals surface area (Å²) in [5.41, 5.74) is 1.35. The first-order chi connectivity index (χ1) is 7.19. The number of rotatable bonds is 5. The fourth-order valence-corrected chi connectivity index (χ4v) is 2.87. The summed E-state index contributed by atoms with van der Waals surface area (Å²) in [6.45, 7) is 4.39. The van der Waals surface area contributed by atoms with E-state index in [2.05, 4.69) is 54.0 Å². The number of hydrogen-bond acceptors (Lipinski definition) is 0. The standard InChI is InChI=1S/C13H18BrCl/c1-3-6-13(15)12(4-2)10-7-5-8-11(14)9-10/h5,7-9,12-13H,3-4,6H2,1-2H3. The highest BCUT2D eigenvalue weighted by Crippen LogP contribution is 2.31. The zero-order valence-corrected chi connectivity index (χ0v) is 11.7. The van der Waals surface area contributed by atoms with E-state index < -0.39 is 0 Å². The van der Waals surface area contributed by atoms with Gasteiger partial charge >= 0.3 is 0 Å². The fraction of sp³-hybridized carbons (Fsp3) is 0.538. The van der Waals surface area contributed by atoms with Crippen LogP contribution in [0.25, 0.3) is 0 Å². The van der Waals surface area contributed by atoms with E-state index >= 15 is 0 Å². The highest BCUT2D eigenvalue weighted by molar-refractivity contribution is 9.10. The normalized spacial score (nSPS) is 14.9. The van der Waals surface area contributed by atoms with Crippen LogP contribution in [0.3, 0.4) is 0 Å². The second kappa shape index (κ2) is 6.55. The Bertz CT molecular complexity index is 298. The summed E-state index contributed by atoms with van der Waals surface area (Å²) in [5, 5.41) is 0.259. The van der Waals surface area contributed by atoms with Crippen molar-refractivity contribution in [2.75, 3.05) is 0 Å². The Morgan fingerprint density at radius 1 is 1.33 bits per heavy atom. The van der Waals surface area contributed by atoms with Crippen LogP contribution in [0.15, 0.2) is 28.7 Å². The molecule has 0 N–H and O–H groups in total. The van der Waals surface area contributed by atoms with Gasteiger partial charge < -0.3 is 0 Å². The van der Waals surface area contributed by atoms with Crippen LogP contribution in [-0.4, -0.2) is 5.38 Å². The molecule has 0 aliphatic rings. The maximum absolute atomic E-state index is 6.42. The molecule has 0 aromatic heterocycles. The molecule has 0 spiro atoms. The van der Waals surface area contributed by atoms with Crippen molar-refractivity contribution in [2.45, 2.75) is 44.4 Å². The summed E-state index contributed by atoms with van der Waals surface area (Å²) in [6, 6.07) is 8.49. The first-order valence-electron chi connectivity index (χ1n) is 5.58. The van der Waals surface area contributed by atoms with Gasteiger partial charge in [0.05, 0.1) is 0 Å². The quantitative estimate of drug-likeness (QED) is 0.641. The third-order valence-corrected chi connectivity index (χ3v) is 3.73. The lowest BCUT2D eigenvalue weighted by molar-refractivity contribution is 0.578. The largest absolute Gasteiger partial charge is 0.122 e. The van der Waals surface area contributed by atoms with Gasteiger partial charge in [-0.2, -0.15) is 0 Å². The lowest BCUT2D eigenvalue weighted by atomic mass is 9.91. The van der Waals surface area contributed by atoms with E-state index in [-0.39, 0.29) is 5.38 Å². The highest BCUT2D eigenvalue weighted by Gasteiger charge is 2.18. The third-order valence-electron chi connectivity index (χ3n) is 2.72. The van der Waals surface area contributed by atoms with Crippen molar-refractivity contribution in [2.24, 2.45) is 0 Å². The van der Waals surface area contributed by atoms with E-state index in [0.29, 0.717) is 5.92 Å². The van der Waals surface area contributed by atoms with Crippen molar-refractivity contribution < 1.29 is 0 Å². The summed E-state index contributed by atoms with van der Waals surface area (Å²) in [6.07, 6.45) is 3.34. The van der Waals surface area contributed by atoms with Crippen LogP contribution in [0.2, 0.25) is 0 Å². The lowest BCUT2D eigenvalue weighted by Gasteiger charge is -2.21. The molecular formula is C13H18BrCl. The average Bonchev–Trinajstić information content (AvgIpc) is 2.19. The minimum absolute atomic E-state index is 0.259. The Morgan fingerprint density at radius 2 is 2.07 bits per heavy atom. The molecule has 15 heavy (non-hydrogen) atoms. The highest BCUT2D eigenvalue weighted by atomic mass is 79.9. The van der Waals surface area contributed by atoms with Gasteiger partial charge in [0.25, 0.3) is 0 Å². The number of hydrogen-bond donors (Lipinski definition) is 0. The van der Waals surface area contributed by atoms with Crippen molar-refractivity contribution in [1.29, 1.82) is 0 Å². The Hall–Kier alpha value is -0.0100. The molecule has 0 aliphatic heterocycles. The predicted octanol–water partition coefficient (Wildman–Crippen LogP) is 5.35. The Labute approximate surface area is 106 Å². The van der Waals surface area contributed by atoms with Gasteiger partial charge in [-0.3, -0.25) is 0 Å². The summed E-state index contributed by atoms with van der Waals surface area (Å²) in [5.74, 6) is 0.476. The smallest absolute Gasteiger partial charge is 0.0404 e. The number of alkyl halides is 1. The molecule has 0 saturated heterocycles. The van der Waals surface area contributed by atoms with Gasteiger partial charge in [0.2, 0.25) is 0 Å². The summed E-state index contributed by atoms with van der Waals surface area (Å²) in [7, 11) is 0. The predicted molar refractivity (Wildman–Crippen MR) is 71.7 cm³/mol. The van der Waals surface area contributed by atoms with E-state index in [9.17, 15) is 0 Å². The first kappa shape index (κ1) is 13.1. The van der Waals surface area contributed by atoms with Gasteiger partial charge in [0.1, 0.15) is 0 Å². The minimum Gasteiger partial charge on any atom is -0.122 e. The van der Waals surface area contributed by atoms with Crippen LogP contribution >= 0.6 is 27.5 Å². The van der Waals surface area contributed by atoms with Crippen molar-refractivity contribution in [1.82, 2.24) is 0 Å². The molecule has 0 nitrogen and oxygen atoms in total. The van der Waals surface area contributed by atoms with E-state index in [0.717, 1.165) is 23.7 Å². The molecule has 0 bridgehead atoms. The van der Waals surface area contributed by atoms with E-state index in [4.69, 9.17) is 11.6 Å². The molecule has 84 valence electrons. The molecule has 1 rings (SSSR count). The van der Waals surface area contributed by atoms with Crippen LogP contribution in [0, 0.1) is 0 Å². The van der Waals surface area contributed by atoms with E-state index in [1.807, 2.05) is 0 Å². The van der Waals surface area contributed by atoms with Gasteiger partial charge in [-0.25, -0.2) is 0 Å². The molecule has 1 aromatic carbocycles. The van der Waals surface area contributed by atoms with Crippen molar-refractivity contribution >= 4 is 27.5 Å². The summed E-state index contributed by atoms with van der Waals surface area (Å²) in [4.78, 5) is 0. The molecular weight excluding hydrogens is 272 g/mol. The molecule has 0 fully saturated rings. The minimum atomic E-state index is 0.259. The zero-order chi connectivity index (χ0) is 11.3. The molecule has 0 heterocycles. The summed E-state index contributed by atoms with van der Waals surface area (Å²) < 4.78 is 1.14. The third kappa shape index (κ3) is 3.81. The molecule has 0 aliphatic carbocycles. The SMILES string of the molecule is CCCC(Cl)C(CC)c1cccc(Br)c1. The van der Waals surface area contributed by atoms with E-state index in [1.165, 1.54) is 5.56 Å². The number of halogens is 2. The Kier molecular flexibility index (Phi) is 5.70. The molecule has 2 heteroatoms.